The first-order valence-electron chi connectivity index (χ1n) is 19.6. The number of imide groups is 2. The summed E-state index contributed by atoms with van der Waals surface area (Å²) in [7, 11) is 0. The Balaban J connectivity index is 0.698. The minimum atomic E-state index is -1.08. The average Bonchev–Trinajstić information content (AvgIpc) is 3.50. The highest BCUT2D eigenvalue weighted by atomic mass is 19.1. The summed E-state index contributed by atoms with van der Waals surface area (Å²) < 4.78 is 15.5. The van der Waals surface area contributed by atoms with Crippen molar-refractivity contribution < 1.29 is 28.7 Å². The first-order chi connectivity index (χ1) is 26.7. The Morgan fingerprint density at radius 2 is 1.56 bits per heavy atom. The SMILES string of the molecule is O=C1CCC(N2C(=O)c3cc(F)c(N4CCC(CN5C[C@@H]6[C@H](C5)[C@H]6CN5CCN6c7cc(-c8ccccc8O)nnc7NC[C@H]6C5)CC4)cc3C2=O)C(=O)N1. The number of carbonyl (C=O) groups is 4. The molecule has 55 heavy (non-hydrogen) atoms. The van der Waals surface area contributed by atoms with Gasteiger partial charge in [0.05, 0.1) is 34.2 Å². The molecule has 10 rings (SSSR count). The minimum Gasteiger partial charge on any atom is -0.507 e. The molecule has 3 aromatic rings. The van der Waals surface area contributed by atoms with Crippen LogP contribution in [0, 0.1) is 29.5 Å². The van der Waals surface area contributed by atoms with Crippen LogP contribution < -0.4 is 20.4 Å². The number of amides is 4. The van der Waals surface area contributed by atoms with Gasteiger partial charge in [0.2, 0.25) is 11.8 Å². The fraction of sp³-hybridized carbons (Fsp3) is 0.500. The third-order valence-corrected chi connectivity index (χ3v) is 13.2. The van der Waals surface area contributed by atoms with E-state index in [1.807, 2.05) is 23.1 Å². The summed E-state index contributed by atoms with van der Waals surface area (Å²) in [5, 5.41) is 24.9. The molecule has 1 unspecified atom stereocenters. The Kier molecular flexibility index (Phi) is 8.28. The fourth-order valence-corrected chi connectivity index (χ4v) is 10.2. The Hall–Kier alpha value is -5.15. The van der Waals surface area contributed by atoms with Crippen LogP contribution in [0.5, 0.6) is 5.75 Å². The number of hydrogen-bond donors (Lipinski definition) is 3. The number of rotatable bonds is 7. The van der Waals surface area contributed by atoms with Gasteiger partial charge in [-0.2, -0.15) is 0 Å². The van der Waals surface area contributed by atoms with E-state index in [0.29, 0.717) is 42.0 Å². The Morgan fingerprint density at radius 1 is 0.800 bits per heavy atom. The number of anilines is 3. The number of phenolic OH excluding ortho intramolecular Hbond substituents is 1. The second kappa shape index (κ2) is 13.3. The van der Waals surface area contributed by atoms with Crippen molar-refractivity contribution in [2.45, 2.75) is 37.8 Å². The molecule has 1 aromatic heterocycles. The second-order valence-corrected chi connectivity index (χ2v) is 16.4. The molecule has 2 aromatic carbocycles. The lowest BCUT2D eigenvalue weighted by Crippen LogP contribution is -2.58. The zero-order chi connectivity index (χ0) is 37.5. The summed E-state index contributed by atoms with van der Waals surface area (Å²) in [5.41, 5.74) is 2.80. The summed E-state index contributed by atoms with van der Waals surface area (Å²) >= 11 is 0. The Bertz CT molecular complexity index is 2100. The van der Waals surface area contributed by atoms with Crippen molar-refractivity contribution >= 4 is 40.8 Å². The zero-order valence-corrected chi connectivity index (χ0v) is 30.5. The van der Waals surface area contributed by atoms with E-state index in [0.717, 1.165) is 105 Å². The highest BCUT2D eigenvalue weighted by Gasteiger charge is 2.56. The van der Waals surface area contributed by atoms with Gasteiger partial charge in [0, 0.05) is 77.4 Å². The van der Waals surface area contributed by atoms with Crippen LogP contribution in [-0.4, -0.2) is 131 Å². The van der Waals surface area contributed by atoms with Crippen molar-refractivity contribution in [3.05, 3.63) is 59.4 Å². The van der Waals surface area contributed by atoms with E-state index >= 15 is 4.39 Å². The van der Waals surface area contributed by atoms with Crippen LogP contribution in [0.25, 0.3) is 11.3 Å². The number of phenols is 1. The smallest absolute Gasteiger partial charge is 0.262 e. The molecule has 7 aliphatic rings. The fourth-order valence-electron chi connectivity index (χ4n) is 10.2. The van der Waals surface area contributed by atoms with Crippen molar-refractivity contribution in [3.8, 4) is 17.0 Å². The molecule has 4 amide bonds. The third-order valence-electron chi connectivity index (χ3n) is 13.2. The normalized spacial score (nSPS) is 28.1. The van der Waals surface area contributed by atoms with Crippen LogP contribution >= 0.6 is 0 Å². The molecule has 5 fully saturated rings. The number of carbonyl (C=O) groups excluding carboxylic acids is 4. The topological polar surface area (TPSA) is 155 Å². The van der Waals surface area contributed by atoms with Crippen molar-refractivity contribution in [3.63, 3.8) is 0 Å². The third kappa shape index (κ3) is 5.98. The molecule has 1 aliphatic carbocycles. The van der Waals surface area contributed by atoms with Crippen molar-refractivity contribution in [1.82, 2.24) is 30.2 Å². The number of piperidine rings is 3. The molecule has 15 heteroatoms. The number of aromatic hydroxyl groups is 1. The van der Waals surface area contributed by atoms with E-state index in [-0.39, 0.29) is 29.7 Å². The molecule has 5 atom stereocenters. The summed E-state index contributed by atoms with van der Waals surface area (Å²) in [4.78, 5) is 61.0. The number of aromatic nitrogens is 2. The maximum absolute atomic E-state index is 15.5. The van der Waals surface area contributed by atoms with Gasteiger partial charge in [0.25, 0.3) is 11.8 Å². The molecular weight excluding hydrogens is 705 g/mol. The Labute approximate surface area is 317 Å². The molecule has 0 radical (unpaired) electrons. The minimum absolute atomic E-state index is 0.0342. The molecule has 0 spiro atoms. The number of fused-ring (bicyclic) bond motifs is 5. The van der Waals surface area contributed by atoms with Gasteiger partial charge in [0.15, 0.2) is 5.82 Å². The van der Waals surface area contributed by atoms with E-state index in [4.69, 9.17) is 0 Å². The standard InChI is InChI=1S/C40H44FN9O5/c41-30-13-25-26(40(55)50(39(25)54)32-5-6-36(52)43-38(32)53)14-33(30)48-9-7-22(8-10-48)17-47-20-28-27(29(28)21-47)19-46-11-12-49-23(18-46)16-42-37-34(49)15-31(44-45-37)24-3-1-2-4-35(24)51/h1-4,13-15,22-23,27-29,32,51H,5-12,16-21H2,(H,42,45)(H,43,52,53)/t23-,27-,28-,29+,32?/m0/s1. The summed E-state index contributed by atoms with van der Waals surface area (Å²) in [6.45, 7) is 9.58. The summed E-state index contributed by atoms with van der Waals surface area (Å²) in [6, 6.07) is 11.2. The van der Waals surface area contributed by atoms with E-state index in [1.165, 1.54) is 6.07 Å². The van der Waals surface area contributed by atoms with Crippen LogP contribution in [0.2, 0.25) is 0 Å². The van der Waals surface area contributed by atoms with E-state index in [9.17, 15) is 24.3 Å². The predicted octanol–water partition coefficient (Wildman–Crippen LogP) is 2.40. The highest BCUT2D eigenvalue weighted by Crippen LogP contribution is 2.52. The van der Waals surface area contributed by atoms with Crippen LogP contribution in [0.4, 0.5) is 21.6 Å². The number of hydrogen-bond acceptors (Lipinski definition) is 12. The van der Waals surface area contributed by atoms with Gasteiger partial charge in [-0.05, 0) is 73.3 Å². The Morgan fingerprint density at radius 3 is 2.33 bits per heavy atom. The first kappa shape index (κ1) is 34.3. The molecule has 4 saturated heterocycles. The van der Waals surface area contributed by atoms with Crippen LogP contribution in [0.1, 0.15) is 46.4 Å². The molecule has 0 bridgehead atoms. The molecule has 14 nitrogen and oxygen atoms in total. The number of para-hydroxylation sites is 1. The molecular formula is C40H44FN9O5. The van der Waals surface area contributed by atoms with Gasteiger partial charge in [-0.15, -0.1) is 10.2 Å². The lowest BCUT2D eigenvalue weighted by atomic mass is 9.95. The lowest BCUT2D eigenvalue weighted by Gasteiger charge is -2.46. The molecule has 7 heterocycles. The number of benzene rings is 2. The van der Waals surface area contributed by atoms with Crippen LogP contribution in [0.15, 0.2) is 42.5 Å². The van der Waals surface area contributed by atoms with Crippen molar-refractivity contribution in [2.24, 2.45) is 23.7 Å². The average molecular weight is 750 g/mol. The van der Waals surface area contributed by atoms with Crippen LogP contribution in [0.3, 0.4) is 0 Å². The van der Waals surface area contributed by atoms with Crippen molar-refractivity contribution in [2.75, 3.05) is 80.6 Å². The van der Waals surface area contributed by atoms with E-state index in [1.54, 1.807) is 12.1 Å². The number of nitrogens with zero attached hydrogens (tertiary/aromatic N) is 7. The van der Waals surface area contributed by atoms with Gasteiger partial charge < -0.3 is 25.1 Å². The number of likely N-dealkylation sites (tertiary alicyclic amines) is 1. The van der Waals surface area contributed by atoms with Gasteiger partial charge in [-0.3, -0.25) is 34.3 Å². The van der Waals surface area contributed by atoms with Gasteiger partial charge >= 0.3 is 0 Å². The summed E-state index contributed by atoms with van der Waals surface area (Å²) in [6.07, 6.45) is 1.94. The first-order valence-corrected chi connectivity index (χ1v) is 19.6. The number of piperazine rings is 1. The maximum Gasteiger partial charge on any atom is 0.262 e. The highest BCUT2D eigenvalue weighted by molar-refractivity contribution is 6.23. The monoisotopic (exact) mass is 749 g/mol. The summed E-state index contributed by atoms with van der Waals surface area (Å²) in [5.74, 6) is 0.783. The maximum atomic E-state index is 15.5. The number of nitrogens with one attached hydrogen (secondary N) is 2. The quantitative estimate of drug-likeness (QED) is 0.304. The van der Waals surface area contributed by atoms with Crippen molar-refractivity contribution in [1.29, 1.82) is 0 Å². The molecule has 286 valence electrons. The second-order valence-electron chi connectivity index (χ2n) is 16.4. The molecule has 6 aliphatic heterocycles. The predicted molar refractivity (Wildman–Crippen MR) is 200 cm³/mol. The molecule has 1 saturated carbocycles. The van der Waals surface area contributed by atoms with E-state index in [2.05, 4.69) is 35.5 Å². The van der Waals surface area contributed by atoms with Gasteiger partial charge in [-0.1, -0.05) is 12.1 Å². The number of halogens is 1. The van der Waals surface area contributed by atoms with Gasteiger partial charge in [0.1, 0.15) is 17.6 Å². The zero-order valence-electron chi connectivity index (χ0n) is 30.5. The molecule has 3 N–H and O–H groups in total. The van der Waals surface area contributed by atoms with E-state index < -0.39 is 35.5 Å². The van der Waals surface area contributed by atoms with Gasteiger partial charge in [-0.25, -0.2) is 4.39 Å². The van der Waals surface area contributed by atoms with Crippen LogP contribution in [-0.2, 0) is 9.59 Å². The lowest BCUT2D eigenvalue weighted by molar-refractivity contribution is -0.136. The largest absolute Gasteiger partial charge is 0.507 e.